The summed E-state index contributed by atoms with van der Waals surface area (Å²) in [6.45, 7) is 5.21. The van der Waals surface area contributed by atoms with Gasteiger partial charge in [-0.05, 0) is 50.4 Å². The molecule has 1 aliphatic carbocycles. The van der Waals surface area contributed by atoms with Crippen LogP contribution in [0, 0.1) is 5.92 Å². The Bertz CT molecular complexity index is 499. The molecule has 1 saturated heterocycles. The number of nitrogens with zero attached hydrogens (tertiary/aromatic N) is 4. The zero-order valence-corrected chi connectivity index (χ0v) is 15.4. The van der Waals surface area contributed by atoms with Crippen molar-refractivity contribution in [3.8, 4) is 0 Å². The monoisotopic (exact) mass is 335 g/mol. The van der Waals surface area contributed by atoms with E-state index in [0.29, 0.717) is 6.04 Å². The van der Waals surface area contributed by atoms with Crippen LogP contribution in [0.2, 0.25) is 0 Å². The highest BCUT2D eigenvalue weighted by Crippen LogP contribution is 2.34. The van der Waals surface area contributed by atoms with Gasteiger partial charge in [0.25, 0.3) is 0 Å². The molecule has 3 rings (SSSR count). The molecule has 6 heteroatoms. The first kappa shape index (κ1) is 16.6. The summed E-state index contributed by atoms with van der Waals surface area (Å²) < 4.78 is 0. The fourth-order valence-electron chi connectivity index (χ4n) is 3.37. The normalized spacial score (nSPS) is 21.0. The van der Waals surface area contributed by atoms with Crippen molar-refractivity contribution in [2.45, 2.75) is 18.9 Å². The van der Waals surface area contributed by atoms with Gasteiger partial charge in [0, 0.05) is 45.8 Å². The number of rotatable bonds is 5. The van der Waals surface area contributed by atoms with Crippen molar-refractivity contribution < 1.29 is 0 Å². The number of aliphatic imine (C=N–C) groups is 1. The van der Waals surface area contributed by atoms with E-state index in [0.717, 1.165) is 44.6 Å². The molecule has 5 nitrogen and oxygen atoms in total. The molecule has 1 N–H and O–H groups in total. The molecule has 2 fully saturated rings. The summed E-state index contributed by atoms with van der Waals surface area (Å²) in [5.41, 5.74) is 0. The zero-order chi connectivity index (χ0) is 16.2. The Morgan fingerprint density at radius 2 is 2.09 bits per heavy atom. The van der Waals surface area contributed by atoms with Crippen molar-refractivity contribution in [3.63, 3.8) is 0 Å². The van der Waals surface area contributed by atoms with E-state index in [-0.39, 0.29) is 0 Å². The Morgan fingerprint density at radius 3 is 2.61 bits per heavy atom. The second-order valence-corrected chi connectivity index (χ2v) is 7.65. The van der Waals surface area contributed by atoms with Gasteiger partial charge >= 0.3 is 0 Å². The van der Waals surface area contributed by atoms with E-state index in [4.69, 9.17) is 0 Å². The van der Waals surface area contributed by atoms with Crippen molar-refractivity contribution in [2.24, 2.45) is 10.9 Å². The third-order valence-corrected chi connectivity index (χ3v) is 5.84. The van der Waals surface area contributed by atoms with Crippen LogP contribution >= 0.6 is 11.3 Å². The summed E-state index contributed by atoms with van der Waals surface area (Å²) in [5.74, 6) is 1.93. The number of thiophene rings is 1. The molecule has 0 aromatic carbocycles. The Kier molecular flexibility index (Phi) is 5.43. The number of likely N-dealkylation sites (N-methyl/N-ethyl adjacent to an activating group) is 1. The van der Waals surface area contributed by atoms with Gasteiger partial charge in [0.2, 0.25) is 0 Å². The second-order valence-electron chi connectivity index (χ2n) is 6.72. The average molecular weight is 336 g/mol. The van der Waals surface area contributed by atoms with Gasteiger partial charge in [-0.1, -0.05) is 0 Å². The molecule has 0 bridgehead atoms. The highest BCUT2D eigenvalue weighted by atomic mass is 32.1. The summed E-state index contributed by atoms with van der Waals surface area (Å²) in [6.07, 6.45) is 2.76. The van der Waals surface area contributed by atoms with Crippen LogP contribution < -0.4 is 10.2 Å². The van der Waals surface area contributed by atoms with Crippen LogP contribution in [0.5, 0.6) is 0 Å². The van der Waals surface area contributed by atoms with Crippen LogP contribution in [0.1, 0.15) is 12.8 Å². The van der Waals surface area contributed by atoms with Crippen LogP contribution in [0.25, 0.3) is 0 Å². The number of nitrogens with one attached hydrogen (secondary N) is 1. The lowest BCUT2D eigenvalue weighted by Gasteiger charge is -2.37. The minimum atomic E-state index is 0.624. The third-order valence-electron chi connectivity index (χ3n) is 4.91. The first-order valence-corrected chi connectivity index (χ1v) is 9.47. The van der Waals surface area contributed by atoms with E-state index in [2.05, 4.69) is 56.6 Å². The molecular formula is C17H29N5S. The highest BCUT2D eigenvalue weighted by Gasteiger charge is 2.32. The molecule has 1 aliphatic heterocycles. The molecule has 1 atom stereocenters. The Balaban J connectivity index is 1.49. The molecule has 1 unspecified atom stereocenters. The first-order chi connectivity index (χ1) is 11.2. The SMILES string of the molecule is CN=C(NCC(C1CC1)N(C)C)N1CCN(c2cccs2)CC1. The van der Waals surface area contributed by atoms with Gasteiger partial charge in [0.15, 0.2) is 5.96 Å². The average Bonchev–Trinajstić information content (AvgIpc) is 3.24. The predicted octanol–water partition coefficient (Wildman–Crippen LogP) is 1.79. The number of guanidine groups is 1. The van der Waals surface area contributed by atoms with E-state index in [1.54, 1.807) is 0 Å². The molecule has 0 amide bonds. The lowest BCUT2D eigenvalue weighted by molar-refractivity contribution is 0.260. The quantitative estimate of drug-likeness (QED) is 0.657. The van der Waals surface area contributed by atoms with Crippen molar-refractivity contribution >= 4 is 22.3 Å². The number of hydrogen-bond acceptors (Lipinski definition) is 4. The summed E-state index contributed by atoms with van der Waals surface area (Å²) in [5, 5.41) is 7.15. The maximum atomic E-state index is 4.51. The van der Waals surface area contributed by atoms with Gasteiger partial charge in [-0.3, -0.25) is 4.99 Å². The summed E-state index contributed by atoms with van der Waals surface area (Å²) >= 11 is 1.83. The van der Waals surface area contributed by atoms with E-state index >= 15 is 0 Å². The Labute approximate surface area is 144 Å². The largest absolute Gasteiger partial charge is 0.360 e. The van der Waals surface area contributed by atoms with Gasteiger partial charge in [0.1, 0.15) is 0 Å². The fourth-order valence-corrected chi connectivity index (χ4v) is 4.15. The number of anilines is 1. The molecule has 1 aromatic rings. The maximum Gasteiger partial charge on any atom is 0.193 e. The van der Waals surface area contributed by atoms with Gasteiger partial charge < -0.3 is 20.0 Å². The molecule has 1 aromatic heterocycles. The van der Waals surface area contributed by atoms with Gasteiger partial charge in [-0.25, -0.2) is 0 Å². The summed E-state index contributed by atoms with van der Waals surface area (Å²) in [7, 11) is 6.27. The van der Waals surface area contributed by atoms with Crippen molar-refractivity contribution in [2.75, 3.05) is 58.8 Å². The van der Waals surface area contributed by atoms with Gasteiger partial charge in [0.05, 0.1) is 5.00 Å². The van der Waals surface area contributed by atoms with Gasteiger partial charge in [-0.2, -0.15) is 0 Å². The molecule has 2 aliphatic rings. The third kappa shape index (κ3) is 4.18. The first-order valence-electron chi connectivity index (χ1n) is 8.59. The number of hydrogen-bond donors (Lipinski definition) is 1. The lowest BCUT2D eigenvalue weighted by atomic mass is 10.1. The molecule has 0 spiro atoms. The Hall–Kier alpha value is -1.27. The van der Waals surface area contributed by atoms with Crippen LogP contribution in [-0.4, -0.2) is 75.7 Å². The minimum absolute atomic E-state index is 0.624. The fraction of sp³-hybridized carbons (Fsp3) is 0.706. The Morgan fingerprint density at radius 1 is 1.35 bits per heavy atom. The second kappa shape index (κ2) is 7.53. The predicted molar refractivity (Wildman–Crippen MR) is 99.7 cm³/mol. The van der Waals surface area contributed by atoms with E-state index in [9.17, 15) is 0 Å². The van der Waals surface area contributed by atoms with Crippen LogP contribution in [0.15, 0.2) is 22.5 Å². The van der Waals surface area contributed by atoms with E-state index < -0.39 is 0 Å². The highest BCUT2D eigenvalue weighted by molar-refractivity contribution is 7.14. The topological polar surface area (TPSA) is 34.1 Å². The molecule has 2 heterocycles. The molecule has 0 radical (unpaired) electrons. The van der Waals surface area contributed by atoms with Crippen molar-refractivity contribution in [1.29, 1.82) is 0 Å². The van der Waals surface area contributed by atoms with E-state index in [1.807, 2.05) is 18.4 Å². The maximum absolute atomic E-state index is 4.51. The zero-order valence-electron chi connectivity index (χ0n) is 14.5. The van der Waals surface area contributed by atoms with Crippen LogP contribution in [0.4, 0.5) is 5.00 Å². The smallest absolute Gasteiger partial charge is 0.193 e. The summed E-state index contributed by atoms with van der Waals surface area (Å²) in [6, 6.07) is 4.97. The molecule has 23 heavy (non-hydrogen) atoms. The molecule has 128 valence electrons. The minimum Gasteiger partial charge on any atom is -0.360 e. The summed E-state index contributed by atoms with van der Waals surface area (Å²) in [4.78, 5) is 11.7. The van der Waals surface area contributed by atoms with Crippen molar-refractivity contribution in [1.82, 2.24) is 15.1 Å². The number of piperazine rings is 1. The molecule has 1 saturated carbocycles. The lowest BCUT2D eigenvalue weighted by Crippen LogP contribution is -2.54. The van der Waals surface area contributed by atoms with Crippen LogP contribution in [0.3, 0.4) is 0 Å². The van der Waals surface area contributed by atoms with E-state index in [1.165, 1.54) is 17.8 Å². The van der Waals surface area contributed by atoms with Crippen molar-refractivity contribution in [3.05, 3.63) is 17.5 Å². The van der Waals surface area contributed by atoms with Crippen LogP contribution in [-0.2, 0) is 0 Å². The molecular weight excluding hydrogens is 306 g/mol. The van der Waals surface area contributed by atoms with Gasteiger partial charge in [-0.15, -0.1) is 11.3 Å². The standard InChI is InChI=1S/C17H29N5S/c1-18-17(19-13-15(20(2)3)14-6-7-14)22-10-8-21(9-11-22)16-5-4-12-23-16/h4-5,12,14-15H,6-11,13H2,1-3H3,(H,18,19).